The minimum Gasteiger partial charge on any atom is -0.313 e. The Bertz CT molecular complexity index is 554. The number of hydrogen-bond donors (Lipinski definition) is 1. The van der Waals surface area contributed by atoms with Crippen molar-refractivity contribution in [3.05, 3.63) is 41.3 Å². The molecule has 1 N–H and O–H groups in total. The molecule has 0 aliphatic carbocycles. The fraction of sp³-hybridized carbons (Fsp3) is 0.400. The third-order valence-electron chi connectivity index (χ3n) is 2.79. The summed E-state index contributed by atoms with van der Waals surface area (Å²) in [6, 6.07) is 2.17. The highest BCUT2D eigenvalue weighted by Gasteiger charge is 2.06. The Morgan fingerprint density at radius 2 is 1.85 bits per heavy atom. The van der Waals surface area contributed by atoms with Crippen LogP contribution in [0.3, 0.4) is 0 Å². The molecule has 5 heteroatoms. The van der Waals surface area contributed by atoms with E-state index in [2.05, 4.69) is 40.2 Å². The van der Waals surface area contributed by atoms with Crippen molar-refractivity contribution in [3.8, 4) is 0 Å². The molecule has 0 aromatic carbocycles. The molecule has 0 unspecified atom stereocenters. The molecule has 0 atom stereocenters. The van der Waals surface area contributed by atoms with Crippen LogP contribution in [0.4, 0.5) is 0 Å². The van der Waals surface area contributed by atoms with E-state index in [-0.39, 0.29) is 0 Å². The van der Waals surface area contributed by atoms with E-state index in [4.69, 9.17) is 0 Å². The third kappa shape index (κ3) is 4.28. The number of hydrogen-bond acceptors (Lipinski definition) is 5. The van der Waals surface area contributed by atoms with Gasteiger partial charge in [-0.2, -0.15) is 0 Å². The molecule has 0 saturated heterocycles. The van der Waals surface area contributed by atoms with Crippen molar-refractivity contribution in [2.75, 3.05) is 6.54 Å². The van der Waals surface area contributed by atoms with Crippen molar-refractivity contribution in [2.24, 2.45) is 0 Å². The van der Waals surface area contributed by atoms with Crippen molar-refractivity contribution in [1.29, 1.82) is 0 Å². The number of aromatic nitrogens is 3. The topological polar surface area (TPSA) is 50.7 Å². The normalized spacial score (nSPS) is 10.8. The number of rotatable bonds is 6. The summed E-state index contributed by atoms with van der Waals surface area (Å²) in [5.41, 5.74) is 3.44. The van der Waals surface area contributed by atoms with Crippen LogP contribution in [0.5, 0.6) is 0 Å². The zero-order valence-electron chi connectivity index (χ0n) is 12.2. The van der Waals surface area contributed by atoms with Crippen molar-refractivity contribution < 1.29 is 0 Å². The van der Waals surface area contributed by atoms with Gasteiger partial charge in [0.15, 0.2) is 5.16 Å². The molecule has 2 aromatic heterocycles. The summed E-state index contributed by atoms with van der Waals surface area (Å²) >= 11 is 1.51. The lowest BCUT2D eigenvalue weighted by molar-refractivity contribution is 0.672. The summed E-state index contributed by atoms with van der Waals surface area (Å²) in [5.74, 6) is 0. The number of pyridine rings is 1. The summed E-state index contributed by atoms with van der Waals surface area (Å²) < 4.78 is 0. The molecular formula is C15H20N4S. The molecule has 0 fully saturated rings. The monoisotopic (exact) mass is 288 g/mol. The molecule has 0 amide bonds. The Morgan fingerprint density at radius 3 is 2.50 bits per heavy atom. The smallest absolute Gasteiger partial charge is 0.193 e. The first-order valence-corrected chi connectivity index (χ1v) is 7.63. The molecule has 0 aliphatic heterocycles. The van der Waals surface area contributed by atoms with Gasteiger partial charge in [-0.3, -0.25) is 0 Å². The minimum absolute atomic E-state index is 0.739. The lowest BCUT2D eigenvalue weighted by atomic mass is 10.2. The van der Waals surface area contributed by atoms with Gasteiger partial charge >= 0.3 is 0 Å². The lowest BCUT2D eigenvalue weighted by Crippen LogP contribution is -2.14. The fourth-order valence-electron chi connectivity index (χ4n) is 1.75. The van der Waals surface area contributed by atoms with E-state index in [1.54, 1.807) is 0 Å². The summed E-state index contributed by atoms with van der Waals surface area (Å²) in [5, 5.41) is 5.09. The minimum atomic E-state index is 0.739. The second-order valence-electron chi connectivity index (χ2n) is 4.79. The zero-order valence-corrected chi connectivity index (χ0v) is 13.0. The Morgan fingerprint density at radius 1 is 1.10 bits per heavy atom. The maximum absolute atomic E-state index is 4.52. The van der Waals surface area contributed by atoms with Crippen LogP contribution in [0, 0.1) is 13.8 Å². The summed E-state index contributed by atoms with van der Waals surface area (Å²) in [6.07, 6.45) is 6.72. The SMILES string of the molecule is CCCNCc1cnc(Sc2ncc(C)cn2)c(C)c1. The molecule has 0 saturated carbocycles. The zero-order chi connectivity index (χ0) is 14.4. The van der Waals surface area contributed by atoms with Crippen LogP contribution in [0.2, 0.25) is 0 Å². The fourth-order valence-corrected chi connectivity index (χ4v) is 2.46. The highest BCUT2D eigenvalue weighted by Crippen LogP contribution is 2.25. The van der Waals surface area contributed by atoms with Crippen LogP contribution in [-0.2, 0) is 6.54 Å². The second kappa shape index (κ2) is 7.36. The predicted octanol–water partition coefficient (Wildman–Crippen LogP) is 3.14. The average molecular weight is 288 g/mol. The van der Waals surface area contributed by atoms with Gasteiger partial charge in [0.05, 0.1) is 0 Å². The Labute approximate surface area is 124 Å². The molecule has 0 spiro atoms. The van der Waals surface area contributed by atoms with Crippen LogP contribution >= 0.6 is 11.8 Å². The van der Waals surface area contributed by atoms with Gasteiger partial charge in [0, 0.05) is 25.1 Å². The maximum Gasteiger partial charge on any atom is 0.193 e. The molecule has 2 rings (SSSR count). The highest BCUT2D eigenvalue weighted by molar-refractivity contribution is 7.99. The van der Waals surface area contributed by atoms with Gasteiger partial charge in [-0.25, -0.2) is 15.0 Å². The molecule has 2 heterocycles. The van der Waals surface area contributed by atoms with Crippen molar-refractivity contribution in [3.63, 3.8) is 0 Å². The Balaban J connectivity index is 2.03. The van der Waals surface area contributed by atoms with Crippen molar-refractivity contribution >= 4 is 11.8 Å². The molecule has 0 radical (unpaired) electrons. The summed E-state index contributed by atoms with van der Waals surface area (Å²) in [4.78, 5) is 13.1. The van der Waals surface area contributed by atoms with Gasteiger partial charge < -0.3 is 5.32 Å². The quantitative estimate of drug-likeness (QED) is 0.653. The van der Waals surface area contributed by atoms with E-state index in [1.165, 1.54) is 17.3 Å². The van der Waals surface area contributed by atoms with E-state index in [0.717, 1.165) is 40.8 Å². The first-order chi connectivity index (χ1) is 9.69. The standard InChI is InChI=1S/C15H20N4S/c1-4-5-16-9-13-6-12(3)14(17-10-13)20-15-18-7-11(2)8-19-15/h6-8,10,16H,4-5,9H2,1-3H3. The number of aryl methyl sites for hydroxylation is 2. The van der Waals surface area contributed by atoms with E-state index in [1.807, 2.05) is 25.5 Å². The molecule has 106 valence electrons. The van der Waals surface area contributed by atoms with Crippen LogP contribution in [0.25, 0.3) is 0 Å². The van der Waals surface area contributed by atoms with Crippen LogP contribution in [0.15, 0.2) is 34.8 Å². The van der Waals surface area contributed by atoms with E-state index < -0.39 is 0 Å². The van der Waals surface area contributed by atoms with Crippen LogP contribution in [-0.4, -0.2) is 21.5 Å². The number of nitrogens with one attached hydrogen (secondary N) is 1. The average Bonchev–Trinajstić information content (AvgIpc) is 2.44. The van der Waals surface area contributed by atoms with Gasteiger partial charge in [-0.1, -0.05) is 13.0 Å². The molecule has 2 aromatic rings. The van der Waals surface area contributed by atoms with Crippen LogP contribution < -0.4 is 5.32 Å². The first kappa shape index (κ1) is 14.9. The molecule has 20 heavy (non-hydrogen) atoms. The second-order valence-corrected chi connectivity index (χ2v) is 5.74. The molecule has 0 bridgehead atoms. The molecule has 4 nitrogen and oxygen atoms in total. The molecule has 0 aliphatic rings. The van der Waals surface area contributed by atoms with Gasteiger partial charge in [0.1, 0.15) is 5.03 Å². The van der Waals surface area contributed by atoms with Gasteiger partial charge in [-0.05, 0) is 55.3 Å². The largest absolute Gasteiger partial charge is 0.313 e. The summed E-state index contributed by atoms with van der Waals surface area (Å²) in [6.45, 7) is 8.13. The van der Waals surface area contributed by atoms with Gasteiger partial charge in [0.25, 0.3) is 0 Å². The Kier molecular flexibility index (Phi) is 5.49. The predicted molar refractivity (Wildman–Crippen MR) is 81.9 cm³/mol. The van der Waals surface area contributed by atoms with Crippen molar-refractivity contribution in [2.45, 2.75) is 43.9 Å². The van der Waals surface area contributed by atoms with E-state index in [9.17, 15) is 0 Å². The lowest BCUT2D eigenvalue weighted by Gasteiger charge is -2.07. The van der Waals surface area contributed by atoms with Gasteiger partial charge in [0.2, 0.25) is 0 Å². The van der Waals surface area contributed by atoms with Crippen molar-refractivity contribution in [1.82, 2.24) is 20.3 Å². The van der Waals surface area contributed by atoms with E-state index >= 15 is 0 Å². The first-order valence-electron chi connectivity index (χ1n) is 6.81. The Hall–Kier alpha value is -1.46. The van der Waals surface area contributed by atoms with E-state index in [0.29, 0.717) is 0 Å². The number of nitrogens with zero attached hydrogens (tertiary/aromatic N) is 3. The third-order valence-corrected chi connectivity index (χ3v) is 3.80. The summed E-state index contributed by atoms with van der Waals surface area (Å²) in [7, 11) is 0. The maximum atomic E-state index is 4.52. The van der Waals surface area contributed by atoms with Gasteiger partial charge in [-0.15, -0.1) is 0 Å². The molecular weight excluding hydrogens is 268 g/mol. The van der Waals surface area contributed by atoms with Crippen LogP contribution in [0.1, 0.15) is 30.0 Å². The highest BCUT2D eigenvalue weighted by atomic mass is 32.2.